The van der Waals surface area contributed by atoms with Crippen LogP contribution in [0.15, 0.2) is 24.3 Å². The minimum Gasteiger partial charge on any atom is -0.378 e. The fourth-order valence-electron chi connectivity index (χ4n) is 3.45. The molecule has 1 fully saturated rings. The summed E-state index contributed by atoms with van der Waals surface area (Å²) in [5.41, 5.74) is 9.14. The zero-order chi connectivity index (χ0) is 14.8. The molecule has 2 nitrogen and oxygen atoms in total. The van der Waals surface area contributed by atoms with Crippen LogP contribution in [0.25, 0.3) is 0 Å². The normalized spacial score (nSPS) is 27.4. The van der Waals surface area contributed by atoms with Crippen molar-refractivity contribution in [1.82, 2.24) is 0 Å². The lowest BCUT2D eigenvalue weighted by Gasteiger charge is -2.44. The highest BCUT2D eigenvalue weighted by Gasteiger charge is 2.37. The molecule has 112 valence electrons. The minimum atomic E-state index is 0.0928. The predicted molar refractivity (Wildman–Crippen MR) is 88.0 cm³/mol. The van der Waals surface area contributed by atoms with Crippen LogP contribution in [0.4, 0.5) is 5.69 Å². The lowest BCUT2D eigenvalue weighted by molar-refractivity contribution is 0.145. The van der Waals surface area contributed by atoms with Crippen LogP contribution in [0.2, 0.25) is 0 Å². The van der Waals surface area contributed by atoms with Gasteiger partial charge in [-0.15, -0.1) is 0 Å². The van der Waals surface area contributed by atoms with Crippen LogP contribution in [-0.4, -0.2) is 12.1 Å². The zero-order valence-corrected chi connectivity index (χ0v) is 13.5. The van der Waals surface area contributed by atoms with Crippen LogP contribution in [0, 0.1) is 18.3 Å². The summed E-state index contributed by atoms with van der Waals surface area (Å²) in [6.07, 6.45) is 4.91. The molecule has 0 spiro atoms. The molecule has 0 amide bonds. The molecule has 2 rings (SSSR count). The van der Waals surface area contributed by atoms with Gasteiger partial charge in [-0.1, -0.05) is 32.9 Å². The third kappa shape index (κ3) is 3.54. The van der Waals surface area contributed by atoms with Crippen molar-refractivity contribution in [3.8, 4) is 0 Å². The van der Waals surface area contributed by atoms with E-state index in [1.807, 2.05) is 0 Å². The van der Waals surface area contributed by atoms with E-state index in [4.69, 9.17) is 5.73 Å². The first kappa shape index (κ1) is 15.4. The van der Waals surface area contributed by atoms with Crippen LogP contribution in [0.3, 0.4) is 0 Å². The fourth-order valence-corrected chi connectivity index (χ4v) is 3.45. The maximum Gasteiger partial charge on any atom is 0.0495 e. The summed E-state index contributed by atoms with van der Waals surface area (Å²) in [5, 5.41) is 3.73. The van der Waals surface area contributed by atoms with E-state index >= 15 is 0 Å². The minimum absolute atomic E-state index is 0.0928. The Kier molecular flexibility index (Phi) is 4.43. The Labute approximate surface area is 124 Å². The van der Waals surface area contributed by atoms with Gasteiger partial charge in [0.05, 0.1) is 0 Å². The molecule has 0 bridgehead atoms. The first-order valence-electron chi connectivity index (χ1n) is 7.90. The number of aryl methyl sites for hydroxylation is 1. The van der Waals surface area contributed by atoms with E-state index < -0.39 is 0 Å². The first-order valence-corrected chi connectivity index (χ1v) is 7.90. The topological polar surface area (TPSA) is 38.0 Å². The SMILES string of the molecule is Cc1cccc(NC2(CN)CCC(C(C)(C)C)CC2)c1. The standard InChI is InChI=1S/C18H30N2/c1-14-6-5-7-16(12-14)20-18(13-19)10-8-15(9-11-18)17(2,3)4/h5-7,12,15,20H,8-11,13,19H2,1-4H3. The van der Waals surface area contributed by atoms with Crippen molar-refractivity contribution in [2.24, 2.45) is 17.1 Å². The van der Waals surface area contributed by atoms with Crippen molar-refractivity contribution in [3.05, 3.63) is 29.8 Å². The molecular formula is C18H30N2. The van der Waals surface area contributed by atoms with Gasteiger partial charge in [-0.25, -0.2) is 0 Å². The Balaban J connectivity index is 2.05. The molecule has 0 aromatic heterocycles. The number of hydrogen-bond acceptors (Lipinski definition) is 2. The van der Waals surface area contributed by atoms with Crippen molar-refractivity contribution in [3.63, 3.8) is 0 Å². The van der Waals surface area contributed by atoms with Crippen molar-refractivity contribution >= 4 is 5.69 Å². The summed E-state index contributed by atoms with van der Waals surface area (Å²) in [6.45, 7) is 9.94. The highest BCUT2D eigenvalue weighted by atomic mass is 15.0. The summed E-state index contributed by atoms with van der Waals surface area (Å²) < 4.78 is 0. The number of nitrogens with two attached hydrogens (primary N) is 1. The number of hydrogen-bond donors (Lipinski definition) is 2. The molecule has 1 aromatic rings. The lowest BCUT2D eigenvalue weighted by atomic mass is 9.67. The van der Waals surface area contributed by atoms with Gasteiger partial charge in [-0.2, -0.15) is 0 Å². The Hall–Kier alpha value is -1.02. The van der Waals surface area contributed by atoms with Gasteiger partial charge in [0.2, 0.25) is 0 Å². The van der Waals surface area contributed by atoms with Crippen molar-refractivity contribution in [2.75, 3.05) is 11.9 Å². The summed E-state index contributed by atoms with van der Waals surface area (Å²) in [4.78, 5) is 0. The third-order valence-corrected chi connectivity index (χ3v) is 4.99. The van der Waals surface area contributed by atoms with Crippen LogP contribution in [-0.2, 0) is 0 Å². The van der Waals surface area contributed by atoms with E-state index in [2.05, 4.69) is 57.3 Å². The van der Waals surface area contributed by atoms with Crippen LogP contribution in [0.5, 0.6) is 0 Å². The molecule has 1 aliphatic carbocycles. The summed E-state index contributed by atoms with van der Waals surface area (Å²) in [6, 6.07) is 8.62. The number of anilines is 1. The van der Waals surface area contributed by atoms with Gasteiger partial charge < -0.3 is 11.1 Å². The second kappa shape index (κ2) is 5.77. The molecule has 0 unspecified atom stereocenters. The average Bonchev–Trinajstić information content (AvgIpc) is 2.38. The summed E-state index contributed by atoms with van der Waals surface area (Å²) in [5.74, 6) is 0.821. The Morgan fingerprint density at radius 2 is 1.90 bits per heavy atom. The molecule has 0 heterocycles. The molecule has 1 aromatic carbocycles. The maximum absolute atomic E-state index is 6.12. The Morgan fingerprint density at radius 1 is 1.25 bits per heavy atom. The van der Waals surface area contributed by atoms with Gasteiger partial charge in [0.1, 0.15) is 0 Å². The highest BCUT2D eigenvalue weighted by Crippen LogP contribution is 2.42. The van der Waals surface area contributed by atoms with E-state index in [9.17, 15) is 0 Å². The summed E-state index contributed by atoms with van der Waals surface area (Å²) >= 11 is 0. The van der Waals surface area contributed by atoms with E-state index in [1.165, 1.54) is 36.9 Å². The Morgan fingerprint density at radius 3 is 2.40 bits per heavy atom. The van der Waals surface area contributed by atoms with Gasteiger partial charge in [-0.05, 0) is 61.6 Å². The molecule has 0 atom stereocenters. The van der Waals surface area contributed by atoms with Crippen molar-refractivity contribution < 1.29 is 0 Å². The van der Waals surface area contributed by atoms with Gasteiger partial charge in [0, 0.05) is 17.8 Å². The molecule has 0 aliphatic heterocycles. The van der Waals surface area contributed by atoms with Crippen LogP contribution < -0.4 is 11.1 Å². The lowest BCUT2D eigenvalue weighted by Crippen LogP contribution is -2.49. The maximum atomic E-state index is 6.12. The number of benzene rings is 1. The van der Waals surface area contributed by atoms with E-state index in [0.29, 0.717) is 5.41 Å². The van der Waals surface area contributed by atoms with E-state index in [1.54, 1.807) is 0 Å². The molecule has 20 heavy (non-hydrogen) atoms. The first-order chi connectivity index (χ1) is 9.35. The predicted octanol–water partition coefficient (Wildman–Crippen LogP) is 4.34. The molecule has 1 saturated carbocycles. The van der Waals surface area contributed by atoms with Crippen molar-refractivity contribution in [2.45, 2.75) is 58.9 Å². The molecular weight excluding hydrogens is 244 g/mol. The zero-order valence-electron chi connectivity index (χ0n) is 13.5. The van der Waals surface area contributed by atoms with Gasteiger partial charge in [0.15, 0.2) is 0 Å². The molecule has 0 saturated heterocycles. The molecule has 2 heteroatoms. The largest absolute Gasteiger partial charge is 0.378 e. The molecule has 0 radical (unpaired) electrons. The average molecular weight is 274 g/mol. The second-order valence-electron chi connectivity index (χ2n) is 7.62. The quantitative estimate of drug-likeness (QED) is 0.860. The van der Waals surface area contributed by atoms with Gasteiger partial charge in [0.25, 0.3) is 0 Å². The summed E-state index contributed by atoms with van der Waals surface area (Å²) in [7, 11) is 0. The second-order valence-corrected chi connectivity index (χ2v) is 7.62. The Bertz CT molecular complexity index is 437. The van der Waals surface area contributed by atoms with Gasteiger partial charge in [-0.3, -0.25) is 0 Å². The fraction of sp³-hybridized carbons (Fsp3) is 0.667. The smallest absolute Gasteiger partial charge is 0.0495 e. The molecule has 3 N–H and O–H groups in total. The number of nitrogens with one attached hydrogen (secondary N) is 1. The monoisotopic (exact) mass is 274 g/mol. The molecule has 1 aliphatic rings. The highest BCUT2D eigenvalue weighted by molar-refractivity contribution is 5.48. The van der Waals surface area contributed by atoms with E-state index in [-0.39, 0.29) is 5.54 Å². The van der Waals surface area contributed by atoms with Crippen LogP contribution >= 0.6 is 0 Å². The third-order valence-electron chi connectivity index (χ3n) is 4.99. The van der Waals surface area contributed by atoms with Crippen molar-refractivity contribution in [1.29, 1.82) is 0 Å². The van der Waals surface area contributed by atoms with Gasteiger partial charge >= 0.3 is 0 Å². The van der Waals surface area contributed by atoms with E-state index in [0.717, 1.165) is 12.5 Å². The van der Waals surface area contributed by atoms with Crippen LogP contribution in [0.1, 0.15) is 52.0 Å². The number of rotatable bonds is 3.